The second-order valence-electron chi connectivity index (χ2n) is 6.57. The third-order valence-electron chi connectivity index (χ3n) is 4.83. The number of carbonyl (C=O) groups is 1. The number of piperazine rings is 1. The third kappa shape index (κ3) is 4.37. The Kier molecular flexibility index (Phi) is 5.66. The Morgan fingerprint density at radius 1 is 1.08 bits per heavy atom. The van der Waals surface area contributed by atoms with E-state index in [0.717, 1.165) is 37.6 Å². The van der Waals surface area contributed by atoms with Crippen molar-refractivity contribution < 1.29 is 4.79 Å². The maximum Gasteiger partial charge on any atom is 0.239 e. The summed E-state index contributed by atoms with van der Waals surface area (Å²) >= 11 is 0. The van der Waals surface area contributed by atoms with E-state index in [2.05, 4.69) is 26.9 Å². The van der Waals surface area contributed by atoms with Gasteiger partial charge < -0.3 is 9.80 Å². The van der Waals surface area contributed by atoms with Gasteiger partial charge >= 0.3 is 0 Å². The summed E-state index contributed by atoms with van der Waals surface area (Å²) in [6.45, 7) is 6.22. The molecule has 1 aliphatic rings. The highest BCUT2D eigenvalue weighted by Crippen LogP contribution is 2.15. The normalized spacial score (nSPS) is 16.5. The molecule has 0 N–H and O–H groups in total. The molecule has 1 unspecified atom stereocenters. The molecular weight excluding hydrogens is 312 g/mol. The van der Waals surface area contributed by atoms with E-state index in [4.69, 9.17) is 0 Å². The zero-order valence-corrected chi connectivity index (χ0v) is 15.0. The molecule has 2 aromatic rings. The molecule has 132 valence electrons. The Morgan fingerprint density at radius 2 is 1.76 bits per heavy atom. The minimum absolute atomic E-state index is 0.0976. The van der Waals surface area contributed by atoms with Gasteiger partial charge in [0.25, 0.3) is 0 Å². The van der Waals surface area contributed by atoms with Crippen molar-refractivity contribution in [3.63, 3.8) is 0 Å². The number of nitrogens with zero attached hydrogens (tertiary/aromatic N) is 4. The number of likely N-dealkylation sites (N-methyl/N-ethyl adjacent to an activating group) is 1. The standard InChI is InChI=1S/C20H26N4O/c1-17(20(25)22(2)16-18-8-4-3-5-9-18)23-12-14-24(15-13-23)19-10-6-7-11-21-19/h3-11,17H,12-16H2,1-2H3. The maximum absolute atomic E-state index is 12.8. The van der Waals surface area contributed by atoms with Gasteiger partial charge in [0.15, 0.2) is 0 Å². The summed E-state index contributed by atoms with van der Waals surface area (Å²) in [5.74, 6) is 1.19. The number of anilines is 1. The minimum atomic E-state index is -0.0976. The molecule has 0 aliphatic carbocycles. The predicted molar refractivity (Wildman–Crippen MR) is 100 cm³/mol. The highest BCUT2D eigenvalue weighted by atomic mass is 16.2. The summed E-state index contributed by atoms with van der Waals surface area (Å²) in [7, 11) is 1.88. The van der Waals surface area contributed by atoms with E-state index >= 15 is 0 Å². The van der Waals surface area contributed by atoms with Crippen LogP contribution in [0.4, 0.5) is 5.82 Å². The maximum atomic E-state index is 12.8. The van der Waals surface area contributed by atoms with Crippen molar-refractivity contribution in [1.82, 2.24) is 14.8 Å². The first-order valence-corrected chi connectivity index (χ1v) is 8.84. The van der Waals surface area contributed by atoms with E-state index < -0.39 is 0 Å². The zero-order valence-electron chi connectivity index (χ0n) is 15.0. The van der Waals surface area contributed by atoms with Gasteiger partial charge in [-0.3, -0.25) is 9.69 Å². The van der Waals surface area contributed by atoms with Crippen molar-refractivity contribution in [3.8, 4) is 0 Å². The van der Waals surface area contributed by atoms with Crippen molar-refractivity contribution in [3.05, 3.63) is 60.3 Å². The molecule has 0 bridgehead atoms. The van der Waals surface area contributed by atoms with Crippen LogP contribution in [0.25, 0.3) is 0 Å². The second kappa shape index (κ2) is 8.12. The number of pyridine rings is 1. The van der Waals surface area contributed by atoms with E-state index in [1.807, 2.05) is 61.5 Å². The lowest BCUT2D eigenvalue weighted by Crippen LogP contribution is -2.54. The van der Waals surface area contributed by atoms with Gasteiger partial charge in [-0.05, 0) is 24.6 Å². The Hall–Kier alpha value is -2.40. The van der Waals surface area contributed by atoms with Crippen molar-refractivity contribution >= 4 is 11.7 Å². The van der Waals surface area contributed by atoms with Crippen LogP contribution in [0.2, 0.25) is 0 Å². The van der Waals surface area contributed by atoms with E-state index in [1.165, 1.54) is 0 Å². The molecule has 0 radical (unpaired) electrons. The third-order valence-corrected chi connectivity index (χ3v) is 4.83. The number of carbonyl (C=O) groups excluding carboxylic acids is 1. The van der Waals surface area contributed by atoms with E-state index in [9.17, 15) is 4.79 Å². The van der Waals surface area contributed by atoms with Crippen LogP contribution in [0.1, 0.15) is 12.5 Å². The smallest absolute Gasteiger partial charge is 0.239 e. The number of amides is 1. The molecule has 2 heterocycles. The molecular formula is C20H26N4O. The van der Waals surface area contributed by atoms with Crippen molar-refractivity contribution in [2.45, 2.75) is 19.5 Å². The lowest BCUT2D eigenvalue weighted by atomic mass is 10.1. The molecule has 1 aliphatic heterocycles. The Labute approximate surface area is 149 Å². The number of hydrogen-bond acceptors (Lipinski definition) is 4. The molecule has 3 rings (SSSR count). The van der Waals surface area contributed by atoms with Gasteiger partial charge in [0.2, 0.25) is 5.91 Å². The van der Waals surface area contributed by atoms with E-state index in [0.29, 0.717) is 6.54 Å². The largest absolute Gasteiger partial charge is 0.354 e. The van der Waals surface area contributed by atoms with Crippen molar-refractivity contribution in [2.24, 2.45) is 0 Å². The first-order chi connectivity index (χ1) is 12.1. The lowest BCUT2D eigenvalue weighted by Gasteiger charge is -2.39. The van der Waals surface area contributed by atoms with Crippen LogP contribution in [0.3, 0.4) is 0 Å². The molecule has 1 saturated heterocycles. The fourth-order valence-corrected chi connectivity index (χ4v) is 3.29. The van der Waals surface area contributed by atoms with Crippen LogP contribution in [0.15, 0.2) is 54.7 Å². The highest BCUT2D eigenvalue weighted by Gasteiger charge is 2.27. The number of benzene rings is 1. The average molecular weight is 338 g/mol. The molecule has 5 nitrogen and oxygen atoms in total. The van der Waals surface area contributed by atoms with Crippen LogP contribution < -0.4 is 4.90 Å². The van der Waals surface area contributed by atoms with Gasteiger partial charge in [-0.2, -0.15) is 0 Å². The van der Waals surface area contributed by atoms with Gasteiger partial charge in [0.05, 0.1) is 6.04 Å². The van der Waals surface area contributed by atoms with Crippen LogP contribution in [-0.4, -0.2) is 60.0 Å². The molecule has 25 heavy (non-hydrogen) atoms. The van der Waals surface area contributed by atoms with Crippen LogP contribution >= 0.6 is 0 Å². The SMILES string of the molecule is CC(C(=O)N(C)Cc1ccccc1)N1CCN(c2ccccn2)CC1. The summed E-state index contributed by atoms with van der Waals surface area (Å²) in [4.78, 5) is 23.5. The first-order valence-electron chi connectivity index (χ1n) is 8.84. The fraction of sp³-hybridized carbons (Fsp3) is 0.400. The van der Waals surface area contributed by atoms with Crippen molar-refractivity contribution in [1.29, 1.82) is 0 Å². The molecule has 0 saturated carbocycles. The first kappa shape index (κ1) is 17.4. The predicted octanol–water partition coefficient (Wildman–Crippen LogP) is 2.25. The Morgan fingerprint density at radius 3 is 2.40 bits per heavy atom. The highest BCUT2D eigenvalue weighted by molar-refractivity contribution is 5.81. The lowest BCUT2D eigenvalue weighted by molar-refractivity contribution is -0.135. The Bertz CT molecular complexity index is 669. The van der Waals surface area contributed by atoms with Gasteiger partial charge in [-0.1, -0.05) is 36.4 Å². The molecule has 1 atom stereocenters. The monoisotopic (exact) mass is 338 g/mol. The molecule has 5 heteroatoms. The van der Waals surface area contributed by atoms with Gasteiger partial charge in [0.1, 0.15) is 5.82 Å². The fourth-order valence-electron chi connectivity index (χ4n) is 3.29. The summed E-state index contributed by atoms with van der Waals surface area (Å²) in [5, 5.41) is 0. The van der Waals surface area contributed by atoms with Crippen LogP contribution in [0.5, 0.6) is 0 Å². The van der Waals surface area contributed by atoms with E-state index in [1.54, 1.807) is 0 Å². The van der Waals surface area contributed by atoms with Gasteiger partial charge in [-0.25, -0.2) is 4.98 Å². The van der Waals surface area contributed by atoms with Crippen molar-refractivity contribution in [2.75, 3.05) is 38.1 Å². The van der Waals surface area contributed by atoms with Gasteiger partial charge in [-0.15, -0.1) is 0 Å². The molecule has 0 spiro atoms. The summed E-state index contributed by atoms with van der Waals surface area (Å²) in [6, 6.07) is 16.0. The summed E-state index contributed by atoms with van der Waals surface area (Å²) in [6.07, 6.45) is 1.83. The molecule has 1 aromatic heterocycles. The zero-order chi connectivity index (χ0) is 17.6. The number of rotatable bonds is 5. The van der Waals surface area contributed by atoms with Gasteiger partial charge in [0, 0.05) is 46.0 Å². The second-order valence-corrected chi connectivity index (χ2v) is 6.57. The van der Waals surface area contributed by atoms with Crippen LogP contribution in [0, 0.1) is 0 Å². The average Bonchev–Trinajstić information content (AvgIpc) is 2.68. The molecule has 1 aromatic carbocycles. The van der Waals surface area contributed by atoms with E-state index in [-0.39, 0.29) is 11.9 Å². The minimum Gasteiger partial charge on any atom is -0.354 e. The summed E-state index contributed by atoms with van der Waals surface area (Å²) in [5.41, 5.74) is 1.16. The summed E-state index contributed by atoms with van der Waals surface area (Å²) < 4.78 is 0. The Balaban J connectivity index is 1.53. The number of hydrogen-bond donors (Lipinski definition) is 0. The quantitative estimate of drug-likeness (QED) is 0.838. The van der Waals surface area contributed by atoms with Crippen LogP contribution in [-0.2, 0) is 11.3 Å². The molecule has 1 fully saturated rings. The topological polar surface area (TPSA) is 39.7 Å². The molecule has 1 amide bonds. The number of aromatic nitrogens is 1.